The molecule has 2 unspecified atom stereocenters. The van der Waals surface area contributed by atoms with E-state index in [1.165, 1.54) is 0 Å². The van der Waals surface area contributed by atoms with Crippen LogP contribution in [0.25, 0.3) is 0 Å². The van der Waals surface area contributed by atoms with Gasteiger partial charge in [-0.25, -0.2) is 0 Å². The number of benzene rings is 1. The van der Waals surface area contributed by atoms with Gasteiger partial charge in [0.05, 0.1) is 14.2 Å². The maximum absolute atomic E-state index is 6.07. The molecule has 4 nitrogen and oxygen atoms in total. The molecular weight excluding hydrogens is 354 g/mol. The third kappa shape index (κ3) is 4.12. The molecule has 1 aromatic heterocycles. The molecule has 0 saturated carbocycles. The number of thiophene rings is 1. The number of nitrogens with two attached hydrogens (primary N) is 1. The van der Waals surface area contributed by atoms with E-state index >= 15 is 0 Å². The molecule has 0 fully saturated rings. The number of halogens is 1. The molecule has 2 rings (SSSR count). The Morgan fingerprint density at radius 2 is 1.62 bits per heavy atom. The van der Waals surface area contributed by atoms with E-state index in [1.54, 1.807) is 31.6 Å². The fourth-order valence-corrected chi connectivity index (χ4v) is 3.49. The Balaban J connectivity index is 2.28. The van der Waals surface area contributed by atoms with Crippen molar-refractivity contribution in [3.8, 4) is 17.2 Å². The molecule has 0 radical (unpaired) electrons. The molecule has 1 heterocycles. The minimum absolute atomic E-state index is 0.146. The molecule has 0 saturated heterocycles. The Labute approximate surface area is 137 Å². The number of rotatable bonds is 6. The van der Waals surface area contributed by atoms with Crippen LogP contribution in [-0.2, 0) is 0 Å². The summed E-state index contributed by atoms with van der Waals surface area (Å²) in [4.78, 5) is 1.07. The molecule has 0 aliphatic heterocycles. The lowest BCUT2D eigenvalue weighted by molar-refractivity contribution is 0.182. The molecule has 0 amide bonds. The predicted octanol–water partition coefficient (Wildman–Crippen LogP) is 4.00. The third-order valence-electron chi connectivity index (χ3n) is 2.93. The van der Waals surface area contributed by atoms with E-state index in [9.17, 15) is 0 Å². The van der Waals surface area contributed by atoms with Gasteiger partial charge in [-0.2, -0.15) is 0 Å². The maximum atomic E-state index is 6.07. The van der Waals surface area contributed by atoms with Crippen LogP contribution in [0.5, 0.6) is 17.2 Å². The lowest BCUT2D eigenvalue weighted by Crippen LogP contribution is -2.28. The molecule has 1 aromatic carbocycles. The third-order valence-corrected chi connectivity index (χ3v) is 4.69. The van der Waals surface area contributed by atoms with E-state index < -0.39 is 0 Å². The summed E-state index contributed by atoms with van der Waals surface area (Å²) in [6.45, 7) is 1.93. The molecule has 0 aliphatic rings. The molecule has 6 heteroatoms. The Bertz CT molecular complexity index is 578. The summed E-state index contributed by atoms with van der Waals surface area (Å²) in [5.74, 6) is 2.03. The van der Waals surface area contributed by atoms with Gasteiger partial charge >= 0.3 is 0 Å². The zero-order valence-electron chi connectivity index (χ0n) is 12.1. The summed E-state index contributed by atoms with van der Waals surface area (Å²) < 4.78 is 17.6. The van der Waals surface area contributed by atoms with Crippen LogP contribution < -0.4 is 19.9 Å². The first-order valence-corrected chi connectivity index (χ1v) is 8.10. The zero-order chi connectivity index (χ0) is 15.4. The van der Waals surface area contributed by atoms with Crippen LogP contribution in [0, 0.1) is 0 Å². The number of hydrogen-bond donors (Lipinski definition) is 1. The second-order valence-corrected chi connectivity index (χ2v) is 6.47. The van der Waals surface area contributed by atoms with Crippen molar-refractivity contribution in [3.05, 3.63) is 39.0 Å². The van der Waals surface area contributed by atoms with Gasteiger partial charge in [0, 0.05) is 39.0 Å². The SMILES string of the molecule is COc1cc(OC)cc(OC(c2cc(Br)cs2)C(C)N)c1. The lowest BCUT2D eigenvalue weighted by atomic mass is 10.1. The average molecular weight is 372 g/mol. The highest BCUT2D eigenvalue weighted by Gasteiger charge is 2.21. The number of methoxy groups -OCH3 is 2. The van der Waals surface area contributed by atoms with Crippen LogP contribution in [0.15, 0.2) is 34.1 Å². The van der Waals surface area contributed by atoms with E-state index in [-0.39, 0.29) is 12.1 Å². The average Bonchev–Trinajstić information content (AvgIpc) is 2.90. The summed E-state index contributed by atoms with van der Waals surface area (Å²) >= 11 is 5.07. The molecule has 0 spiro atoms. The minimum atomic E-state index is -0.224. The van der Waals surface area contributed by atoms with Crippen LogP contribution in [0.4, 0.5) is 0 Å². The summed E-state index contributed by atoms with van der Waals surface area (Å²) in [5.41, 5.74) is 6.07. The van der Waals surface area contributed by atoms with Gasteiger partial charge in [-0.05, 0) is 28.9 Å². The highest BCUT2D eigenvalue weighted by atomic mass is 79.9. The molecule has 21 heavy (non-hydrogen) atoms. The van der Waals surface area contributed by atoms with Gasteiger partial charge < -0.3 is 19.9 Å². The van der Waals surface area contributed by atoms with Crippen molar-refractivity contribution in [1.29, 1.82) is 0 Å². The van der Waals surface area contributed by atoms with E-state index in [1.807, 2.05) is 30.5 Å². The largest absolute Gasteiger partial charge is 0.496 e. The Morgan fingerprint density at radius 3 is 2.05 bits per heavy atom. The molecule has 114 valence electrons. The van der Waals surface area contributed by atoms with Crippen molar-refractivity contribution in [2.45, 2.75) is 19.1 Å². The highest BCUT2D eigenvalue weighted by molar-refractivity contribution is 9.10. The van der Waals surface area contributed by atoms with E-state index in [0.29, 0.717) is 17.2 Å². The smallest absolute Gasteiger partial charge is 0.148 e. The molecule has 0 aliphatic carbocycles. The van der Waals surface area contributed by atoms with Crippen LogP contribution >= 0.6 is 27.3 Å². The van der Waals surface area contributed by atoms with Crippen molar-refractivity contribution in [2.75, 3.05) is 14.2 Å². The Kier molecular flexibility index (Phi) is 5.50. The first-order chi connectivity index (χ1) is 10.0. The van der Waals surface area contributed by atoms with Crippen molar-refractivity contribution in [3.63, 3.8) is 0 Å². The fourth-order valence-electron chi connectivity index (χ4n) is 1.90. The van der Waals surface area contributed by atoms with Gasteiger partial charge in [0.15, 0.2) is 0 Å². The van der Waals surface area contributed by atoms with Gasteiger partial charge in [0.25, 0.3) is 0 Å². The minimum Gasteiger partial charge on any atom is -0.496 e. The van der Waals surface area contributed by atoms with Crippen molar-refractivity contribution >= 4 is 27.3 Å². The van der Waals surface area contributed by atoms with Gasteiger partial charge in [0.1, 0.15) is 23.4 Å². The Hall–Kier alpha value is -1.24. The summed E-state index contributed by atoms with van der Waals surface area (Å²) in [6, 6.07) is 7.32. The molecule has 0 bridgehead atoms. The van der Waals surface area contributed by atoms with E-state index in [2.05, 4.69) is 15.9 Å². The first-order valence-electron chi connectivity index (χ1n) is 6.42. The van der Waals surface area contributed by atoms with E-state index in [0.717, 1.165) is 9.35 Å². The van der Waals surface area contributed by atoms with Gasteiger partial charge in [-0.15, -0.1) is 11.3 Å². The van der Waals surface area contributed by atoms with Crippen molar-refractivity contribution in [2.24, 2.45) is 5.73 Å². The van der Waals surface area contributed by atoms with Crippen LogP contribution in [0.2, 0.25) is 0 Å². The molecule has 2 N–H and O–H groups in total. The number of ether oxygens (including phenoxy) is 3. The lowest BCUT2D eigenvalue weighted by Gasteiger charge is -2.22. The second kappa shape index (κ2) is 7.15. The van der Waals surface area contributed by atoms with Crippen molar-refractivity contribution in [1.82, 2.24) is 0 Å². The Morgan fingerprint density at radius 1 is 1.05 bits per heavy atom. The highest BCUT2D eigenvalue weighted by Crippen LogP contribution is 2.34. The summed E-state index contributed by atoms with van der Waals surface area (Å²) in [5, 5.41) is 2.01. The molecule has 2 atom stereocenters. The van der Waals surface area contributed by atoms with E-state index in [4.69, 9.17) is 19.9 Å². The molecule has 2 aromatic rings. The topological polar surface area (TPSA) is 53.7 Å². The van der Waals surface area contributed by atoms with Gasteiger partial charge in [-0.1, -0.05) is 0 Å². The predicted molar refractivity (Wildman–Crippen MR) is 88.6 cm³/mol. The quantitative estimate of drug-likeness (QED) is 0.833. The van der Waals surface area contributed by atoms with Crippen molar-refractivity contribution < 1.29 is 14.2 Å². The zero-order valence-corrected chi connectivity index (χ0v) is 14.5. The standard InChI is InChI=1S/C15H18BrNO3S/c1-9(17)15(14-4-10(16)8-21-14)20-13-6-11(18-2)5-12(7-13)19-3/h4-9,15H,17H2,1-3H3. The summed E-state index contributed by atoms with van der Waals surface area (Å²) in [6.07, 6.45) is -0.224. The summed E-state index contributed by atoms with van der Waals surface area (Å²) in [7, 11) is 3.22. The fraction of sp³-hybridized carbons (Fsp3) is 0.333. The number of hydrogen-bond acceptors (Lipinski definition) is 5. The van der Waals surface area contributed by atoms with Crippen LogP contribution in [-0.4, -0.2) is 20.3 Å². The van der Waals surface area contributed by atoms with Gasteiger partial charge in [-0.3, -0.25) is 0 Å². The van der Waals surface area contributed by atoms with Crippen LogP contribution in [0.1, 0.15) is 17.9 Å². The monoisotopic (exact) mass is 371 g/mol. The molecular formula is C15H18BrNO3S. The normalized spacial score (nSPS) is 13.6. The second-order valence-electron chi connectivity index (χ2n) is 4.61. The van der Waals surface area contributed by atoms with Gasteiger partial charge in [0.2, 0.25) is 0 Å². The first kappa shape index (κ1) is 16.1. The maximum Gasteiger partial charge on any atom is 0.148 e. The van der Waals surface area contributed by atoms with Crippen LogP contribution in [0.3, 0.4) is 0 Å².